The van der Waals surface area contributed by atoms with Crippen LogP contribution in [0, 0.1) is 5.82 Å². The van der Waals surface area contributed by atoms with Gasteiger partial charge in [0.05, 0.1) is 12.2 Å². The molecule has 0 aliphatic rings. The van der Waals surface area contributed by atoms with Crippen molar-refractivity contribution in [3.05, 3.63) is 94.2 Å². The number of carbonyl (C=O) groups is 1. The number of amides is 1. The maximum atomic E-state index is 13.0. The van der Waals surface area contributed by atoms with E-state index in [2.05, 4.69) is 5.32 Å². The van der Waals surface area contributed by atoms with E-state index in [1.54, 1.807) is 30.5 Å². The summed E-state index contributed by atoms with van der Waals surface area (Å²) in [7, 11) is 0. The topological polar surface area (TPSA) is 51.1 Å². The van der Waals surface area contributed by atoms with Gasteiger partial charge >= 0.3 is 0 Å². The first-order chi connectivity index (χ1) is 12.6. The normalized spacial score (nSPS) is 10.5. The van der Waals surface area contributed by atoms with Crippen molar-refractivity contribution in [2.45, 2.75) is 11.4 Å². The number of hydrogen-bond donors (Lipinski definition) is 1. The molecular weight excluding hydrogens is 351 g/mol. The summed E-state index contributed by atoms with van der Waals surface area (Å²) in [6, 6.07) is 16.5. The SMILES string of the molecule is CSc1ccccc1NC(=O)c1cccn(Cc2ccc(F)cc2)c1=O. The second kappa shape index (κ2) is 8.01. The Morgan fingerprint density at radius 1 is 1.08 bits per heavy atom. The van der Waals surface area contributed by atoms with Crippen LogP contribution in [0.4, 0.5) is 10.1 Å². The van der Waals surface area contributed by atoms with E-state index in [1.807, 2.05) is 24.5 Å². The van der Waals surface area contributed by atoms with Gasteiger partial charge in [-0.1, -0.05) is 24.3 Å². The van der Waals surface area contributed by atoms with E-state index < -0.39 is 11.5 Å². The molecule has 2 aromatic carbocycles. The average Bonchev–Trinajstić information content (AvgIpc) is 2.65. The summed E-state index contributed by atoms with van der Waals surface area (Å²) in [4.78, 5) is 26.1. The van der Waals surface area contributed by atoms with E-state index in [9.17, 15) is 14.0 Å². The molecule has 1 amide bonds. The van der Waals surface area contributed by atoms with E-state index in [-0.39, 0.29) is 17.9 Å². The maximum absolute atomic E-state index is 13.0. The lowest BCUT2D eigenvalue weighted by molar-refractivity contribution is 0.102. The predicted octanol–water partition coefficient (Wildman–Crippen LogP) is 4.01. The number of halogens is 1. The fourth-order valence-electron chi connectivity index (χ4n) is 2.56. The molecule has 0 aliphatic heterocycles. The van der Waals surface area contributed by atoms with Crippen LogP contribution in [0.1, 0.15) is 15.9 Å². The first-order valence-electron chi connectivity index (χ1n) is 7.97. The van der Waals surface area contributed by atoms with Crippen molar-refractivity contribution in [2.24, 2.45) is 0 Å². The quantitative estimate of drug-likeness (QED) is 0.693. The third kappa shape index (κ3) is 4.03. The molecule has 0 bridgehead atoms. The van der Waals surface area contributed by atoms with E-state index in [0.717, 1.165) is 10.5 Å². The van der Waals surface area contributed by atoms with Crippen molar-refractivity contribution in [1.29, 1.82) is 0 Å². The average molecular weight is 368 g/mol. The molecule has 0 unspecified atom stereocenters. The smallest absolute Gasteiger partial charge is 0.263 e. The van der Waals surface area contributed by atoms with Gasteiger partial charge in [0.1, 0.15) is 11.4 Å². The molecule has 3 rings (SSSR count). The van der Waals surface area contributed by atoms with Gasteiger partial charge in [-0.05, 0) is 48.2 Å². The maximum Gasteiger partial charge on any atom is 0.263 e. The summed E-state index contributed by atoms with van der Waals surface area (Å²) in [5, 5.41) is 2.79. The van der Waals surface area contributed by atoms with Crippen LogP contribution in [0.5, 0.6) is 0 Å². The Labute approximate surface area is 154 Å². The van der Waals surface area contributed by atoms with Gasteiger partial charge < -0.3 is 9.88 Å². The number of thioether (sulfide) groups is 1. The highest BCUT2D eigenvalue weighted by Gasteiger charge is 2.14. The zero-order chi connectivity index (χ0) is 18.5. The van der Waals surface area contributed by atoms with Crippen molar-refractivity contribution < 1.29 is 9.18 Å². The molecule has 132 valence electrons. The minimum absolute atomic E-state index is 0.0607. The number of aromatic nitrogens is 1. The summed E-state index contributed by atoms with van der Waals surface area (Å²) in [5.74, 6) is -0.786. The Bertz CT molecular complexity index is 984. The second-order valence-corrected chi connectivity index (χ2v) is 6.48. The molecule has 0 saturated carbocycles. The number of pyridine rings is 1. The van der Waals surface area contributed by atoms with Gasteiger partial charge in [-0.3, -0.25) is 9.59 Å². The van der Waals surface area contributed by atoms with E-state index >= 15 is 0 Å². The van der Waals surface area contributed by atoms with Gasteiger partial charge in [0.25, 0.3) is 11.5 Å². The summed E-state index contributed by atoms with van der Waals surface area (Å²) in [6.45, 7) is 0.266. The molecule has 6 heteroatoms. The van der Waals surface area contributed by atoms with Crippen LogP contribution in [0.3, 0.4) is 0 Å². The minimum Gasteiger partial charge on any atom is -0.321 e. The number of carbonyl (C=O) groups excluding carboxylic acids is 1. The lowest BCUT2D eigenvalue weighted by atomic mass is 10.2. The fourth-order valence-corrected chi connectivity index (χ4v) is 3.11. The van der Waals surface area contributed by atoms with E-state index in [0.29, 0.717) is 5.69 Å². The second-order valence-electron chi connectivity index (χ2n) is 5.64. The fraction of sp³-hybridized carbons (Fsp3) is 0.100. The molecule has 4 nitrogen and oxygen atoms in total. The summed E-state index contributed by atoms with van der Waals surface area (Å²) >= 11 is 1.51. The largest absolute Gasteiger partial charge is 0.321 e. The molecule has 0 radical (unpaired) electrons. The molecule has 0 aliphatic carbocycles. The lowest BCUT2D eigenvalue weighted by Gasteiger charge is -2.11. The molecule has 1 heterocycles. The van der Waals surface area contributed by atoms with Gasteiger partial charge in [0.2, 0.25) is 0 Å². The summed E-state index contributed by atoms with van der Waals surface area (Å²) in [5.41, 5.74) is 1.11. The van der Waals surface area contributed by atoms with Crippen molar-refractivity contribution in [3.63, 3.8) is 0 Å². The van der Waals surface area contributed by atoms with E-state index in [4.69, 9.17) is 0 Å². The molecule has 1 aromatic heterocycles. The highest BCUT2D eigenvalue weighted by molar-refractivity contribution is 7.98. The standard InChI is InChI=1S/C20H17FN2O2S/c1-26-18-7-3-2-6-17(18)22-19(24)16-5-4-12-23(20(16)25)13-14-8-10-15(21)11-9-14/h2-12H,13H2,1H3,(H,22,24). The van der Waals surface area contributed by atoms with Crippen molar-refractivity contribution >= 4 is 23.4 Å². The number of benzene rings is 2. The van der Waals surface area contributed by atoms with Crippen molar-refractivity contribution in [1.82, 2.24) is 4.57 Å². The highest BCUT2D eigenvalue weighted by atomic mass is 32.2. The Hall–Kier alpha value is -2.86. The van der Waals surface area contributed by atoms with Gasteiger partial charge in [-0.15, -0.1) is 11.8 Å². The van der Waals surface area contributed by atoms with Gasteiger partial charge in [0.15, 0.2) is 0 Å². The van der Waals surface area contributed by atoms with Gasteiger partial charge in [0, 0.05) is 11.1 Å². The van der Waals surface area contributed by atoms with Gasteiger partial charge in [-0.2, -0.15) is 0 Å². The molecule has 26 heavy (non-hydrogen) atoms. The Kier molecular flexibility index (Phi) is 5.53. The van der Waals surface area contributed by atoms with E-state index in [1.165, 1.54) is 34.5 Å². The van der Waals surface area contributed by atoms with Crippen LogP contribution in [-0.2, 0) is 6.54 Å². The summed E-state index contributed by atoms with van der Waals surface area (Å²) in [6.07, 6.45) is 3.53. The van der Waals surface area contributed by atoms with Gasteiger partial charge in [-0.25, -0.2) is 4.39 Å². The first kappa shape index (κ1) is 17.9. The number of nitrogens with zero attached hydrogens (tertiary/aromatic N) is 1. The van der Waals surface area contributed by atoms with Crippen LogP contribution < -0.4 is 10.9 Å². The molecule has 0 saturated heterocycles. The molecule has 0 spiro atoms. The number of rotatable bonds is 5. The lowest BCUT2D eigenvalue weighted by Crippen LogP contribution is -2.29. The number of hydrogen-bond acceptors (Lipinski definition) is 3. The zero-order valence-electron chi connectivity index (χ0n) is 14.1. The third-order valence-electron chi connectivity index (χ3n) is 3.89. The Balaban J connectivity index is 1.85. The molecule has 0 atom stereocenters. The summed E-state index contributed by atoms with van der Waals surface area (Å²) < 4.78 is 14.5. The number of para-hydroxylation sites is 1. The third-order valence-corrected chi connectivity index (χ3v) is 4.68. The highest BCUT2D eigenvalue weighted by Crippen LogP contribution is 2.24. The molecular formula is C20H17FN2O2S. The van der Waals surface area contributed by atoms with Crippen molar-refractivity contribution in [3.8, 4) is 0 Å². The number of anilines is 1. The van der Waals surface area contributed by atoms with Crippen LogP contribution in [0.15, 0.2) is 76.6 Å². The van der Waals surface area contributed by atoms with Crippen LogP contribution in [-0.4, -0.2) is 16.7 Å². The van der Waals surface area contributed by atoms with Crippen molar-refractivity contribution in [2.75, 3.05) is 11.6 Å². The van der Waals surface area contributed by atoms with Crippen LogP contribution >= 0.6 is 11.8 Å². The molecule has 3 aromatic rings. The van der Waals surface area contributed by atoms with Crippen LogP contribution in [0.2, 0.25) is 0 Å². The number of nitrogens with one attached hydrogen (secondary N) is 1. The Morgan fingerprint density at radius 3 is 2.54 bits per heavy atom. The minimum atomic E-state index is -0.454. The molecule has 1 N–H and O–H groups in total. The monoisotopic (exact) mass is 368 g/mol. The predicted molar refractivity (Wildman–Crippen MR) is 102 cm³/mol. The molecule has 0 fully saturated rings. The Morgan fingerprint density at radius 2 is 1.81 bits per heavy atom. The van der Waals surface area contributed by atoms with Crippen LogP contribution in [0.25, 0.3) is 0 Å². The first-order valence-corrected chi connectivity index (χ1v) is 9.19. The zero-order valence-corrected chi connectivity index (χ0v) is 14.9.